The van der Waals surface area contributed by atoms with Gasteiger partial charge in [-0.1, -0.05) is 12.1 Å². The summed E-state index contributed by atoms with van der Waals surface area (Å²) in [6.07, 6.45) is -2.01. The predicted octanol–water partition coefficient (Wildman–Crippen LogP) is 3.57. The molecule has 2 aromatic rings. The fourth-order valence-electron chi connectivity index (χ4n) is 2.28. The highest BCUT2D eigenvalue weighted by atomic mass is 19.4. The van der Waals surface area contributed by atoms with E-state index < -0.39 is 12.8 Å². The highest BCUT2D eigenvalue weighted by Gasteiger charge is 2.28. The molecule has 122 valence electrons. The van der Waals surface area contributed by atoms with Gasteiger partial charge < -0.3 is 14.8 Å². The van der Waals surface area contributed by atoms with Gasteiger partial charge in [0, 0.05) is 19.0 Å². The Kier molecular flexibility index (Phi) is 4.27. The van der Waals surface area contributed by atoms with Gasteiger partial charge in [-0.05, 0) is 23.3 Å². The van der Waals surface area contributed by atoms with Crippen LogP contribution < -0.4 is 14.8 Å². The van der Waals surface area contributed by atoms with E-state index in [4.69, 9.17) is 4.74 Å². The number of halogens is 3. The quantitative estimate of drug-likeness (QED) is 0.913. The molecule has 1 N–H and O–H groups in total. The largest absolute Gasteiger partial charge is 0.493 e. The second kappa shape index (κ2) is 6.36. The Morgan fingerprint density at radius 1 is 1.22 bits per heavy atom. The number of fused-ring (bicyclic) bond motifs is 1. The molecule has 0 aliphatic carbocycles. The highest BCUT2D eigenvalue weighted by molar-refractivity contribution is 5.45. The minimum absolute atomic E-state index is 0.0532. The van der Waals surface area contributed by atoms with Crippen LogP contribution >= 0.6 is 0 Å². The van der Waals surface area contributed by atoms with E-state index in [1.165, 1.54) is 17.8 Å². The molecule has 1 aromatic carbocycles. The van der Waals surface area contributed by atoms with Crippen LogP contribution in [-0.2, 0) is 13.0 Å². The molecule has 3 rings (SSSR count). The lowest BCUT2D eigenvalue weighted by molar-refractivity contribution is -0.154. The number of hydrogen-bond acceptors (Lipinski definition) is 4. The van der Waals surface area contributed by atoms with Crippen molar-refractivity contribution in [2.75, 3.05) is 18.5 Å². The third-order valence-corrected chi connectivity index (χ3v) is 3.37. The van der Waals surface area contributed by atoms with E-state index in [1.54, 1.807) is 6.07 Å². The summed E-state index contributed by atoms with van der Waals surface area (Å²) in [5.74, 6) is 0.879. The standard InChI is InChI=1S/C16H15F3N2O2/c17-16(18,19)10-23-15-4-2-13(9-21-15)20-8-11-1-3-14-12(7-11)5-6-22-14/h1-4,7,9,20H,5-6,8,10H2. The molecular weight excluding hydrogens is 309 g/mol. The Bertz CT molecular complexity index is 672. The van der Waals surface area contributed by atoms with Gasteiger partial charge in [-0.3, -0.25) is 0 Å². The van der Waals surface area contributed by atoms with Crippen LogP contribution in [0.15, 0.2) is 36.5 Å². The average molecular weight is 324 g/mol. The van der Waals surface area contributed by atoms with E-state index in [1.807, 2.05) is 12.1 Å². The van der Waals surface area contributed by atoms with Crippen molar-refractivity contribution < 1.29 is 22.6 Å². The summed E-state index contributed by atoms with van der Waals surface area (Å²) in [5, 5.41) is 3.17. The van der Waals surface area contributed by atoms with Gasteiger partial charge in [0.1, 0.15) is 5.75 Å². The molecule has 0 unspecified atom stereocenters. The number of ether oxygens (including phenoxy) is 2. The number of aromatic nitrogens is 1. The second-order valence-corrected chi connectivity index (χ2v) is 5.18. The van der Waals surface area contributed by atoms with E-state index in [9.17, 15) is 13.2 Å². The van der Waals surface area contributed by atoms with Crippen LogP contribution in [0.4, 0.5) is 18.9 Å². The number of alkyl halides is 3. The van der Waals surface area contributed by atoms with Crippen LogP contribution in [0.5, 0.6) is 11.6 Å². The number of nitrogens with zero attached hydrogens (tertiary/aromatic N) is 1. The van der Waals surface area contributed by atoms with Crippen molar-refractivity contribution in [2.45, 2.75) is 19.1 Å². The first kappa shape index (κ1) is 15.5. The summed E-state index contributed by atoms with van der Waals surface area (Å²) in [6.45, 7) is -0.0305. The van der Waals surface area contributed by atoms with Crippen LogP contribution in [0.25, 0.3) is 0 Å². The fraction of sp³-hybridized carbons (Fsp3) is 0.312. The van der Waals surface area contributed by atoms with Crippen LogP contribution in [-0.4, -0.2) is 24.4 Å². The molecule has 2 heterocycles. The molecule has 1 aromatic heterocycles. The first-order valence-electron chi connectivity index (χ1n) is 7.14. The summed E-state index contributed by atoms with van der Waals surface area (Å²) >= 11 is 0. The van der Waals surface area contributed by atoms with Gasteiger partial charge in [0.15, 0.2) is 6.61 Å². The summed E-state index contributed by atoms with van der Waals surface area (Å²) < 4.78 is 46.2. The predicted molar refractivity (Wildman–Crippen MR) is 78.8 cm³/mol. The molecule has 0 spiro atoms. The third kappa shape index (κ3) is 4.28. The summed E-state index contributed by atoms with van der Waals surface area (Å²) in [7, 11) is 0. The highest BCUT2D eigenvalue weighted by Crippen LogP contribution is 2.26. The Morgan fingerprint density at radius 3 is 2.83 bits per heavy atom. The third-order valence-electron chi connectivity index (χ3n) is 3.37. The van der Waals surface area contributed by atoms with Gasteiger partial charge >= 0.3 is 6.18 Å². The lowest BCUT2D eigenvalue weighted by atomic mass is 10.1. The van der Waals surface area contributed by atoms with E-state index >= 15 is 0 Å². The molecule has 7 heteroatoms. The maximum Gasteiger partial charge on any atom is 0.422 e. The summed E-state index contributed by atoms with van der Waals surface area (Å²) in [4.78, 5) is 3.85. The second-order valence-electron chi connectivity index (χ2n) is 5.18. The minimum atomic E-state index is -4.37. The molecular formula is C16H15F3N2O2. The number of hydrogen-bond donors (Lipinski definition) is 1. The molecule has 1 aliphatic rings. The van der Waals surface area contributed by atoms with Crippen LogP contribution in [0.1, 0.15) is 11.1 Å². The van der Waals surface area contributed by atoms with E-state index in [0.717, 1.165) is 24.3 Å². The number of nitrogens with one attached hydrogen (secondary N) is 1. The normalized spacial score (nSPS) is 13.3. The molecule has 0 saturated heterocycles. The first-order chi connectivity index (χ1) is 11.0. The van der Waals surface area contributed by atoms with Gasteiger partial charge in [0.25, 0.3) is 0 Å². The van der Waals surface area contributed by atoms with Crippen molar-refractivity contribution in [1.29, 1.82) is 0 Å². The first-order valence-corrected chi connectivity index (χ1v) is 7.14. The number of pyridine rings is 1. The maximum absolute atomic E-state index is 12.0. The van der Waals surface area contributed by atoms with Crippen LogP contribution in [0.3, 0.4) is 0 Å². The molecule has 0 radical (unpaired) electrons. The minimum Gasteiger partial charge on any atom is -0.493 e. The van der Waals surface area contributed by atoms with Gasteiger partial charge in [-0.25, -0.2) is 4.98 Å². The number of benzene rings is 1. The fourth-order valence-corrected chi connectivity index (χ4v) is 2.28. The lowest BCUT2D eigenvalue weighted by Crippen LogP contribution is -2.19. The molecule has 0 amide bonds. The van der Waals surface area contributed by atoms with E-state index in [2.05, 4.69) is 21.1 Å². The Labute approximate surface area is 131 Å². The van der Waals surface area contributed by atoms with Crippen molar-refractivity contribution in [2.24, 2.45) is 0 Å². The number of rotatable bonds is 5. The van der Waals surface area contributed by atoms with Crippen molar-refractivity contribution in [3.05, 3.63) is 47.7 Å². The molecule has 0 bridgehead atoms. The van der Waals surface area contributed by atoms with Gasteiger partial charge in [0.05, 0.1) is 18.5 Å². The van der Waals surface area contributed by atoms with Crippen molar-refractivity contribution >= 4 is 5.69 Å². The molecule has 0 saturated carbocycles. The van der Waals surface area contributed by atoms with Crippen LogP contribution in [0, 0.1) is 0 Å². The number of anilines is 1. The van der Waals surface area contributed by atoms with Gasteiger partial charge in [-0.15, -0.1) is 0 Å². The smallest absolute Gasteiger partial charge is 0.422 e. The average Bonchev–Trinajstić information content (AvgIpc) is 2.99. The molecule has 1 aliphatic heterocycles. The van der Waals surface area contributed by atoms with Gasteiger partial charge in [0.2, 0.25) is 5.88 Å². The molecule has 4 nitrogen and oxygen atoms in total. The van der Waals surface area contributed by atoms with E-state index in [0.29, 0.717) is 12.2 Å². The molecule has 0 fully saturated rings. The molecule has 0 atom stereocenters. The Morgan fingerprint density at radius 2 is 2.09 bits per heavy atom. The Hall–Kier alpha value is -2.44. The SMILES string of the molecule is FC(F)(F)COc1ccc(NCc2ccc3c(c2)CCO3)cn1. The monoisotopic (exact) mass is 324 g/mol. The topological polar surface area (TPSA) is 43.4 Å². The zero-order valence-electron chi connectivity index (χ0n) is 12.2. The maximum atomic E-state index is 12.0. The zero-order chi connectivity index (χ0) is 16.3. The van der Waals surface area contributed by atoms with Crippen LogP contribution in [0.2, 0.25) is 0 Å². The zero-order valence-corrected chi connectivity index (χ0v) is 12.2. The van der Waals surface area contributed by atoms with E-state index in [-0.39, 0.29) is 5.88 Å². The Balaban J connectivity index is 1.54. The molecule has 23 heavy (non-hydrogen) atoms. The van der Waals surface area contributed by atoms with Crippen molar-refractivity contribution in [1.82, 2.24) is 4.98 Å². The van der Waals surface area contributed by atoms with Crippen molar-refractivity contribution in [3.63, 3.8) is 0 Å². The summed E-state index contributed by atoms with van der Waals surface area (Å²) in [6, 6.07) is 9.06. The van der Waals surface area contributed by atoms with Gasteiger partial charge in [-0.2, -0.15) is 13.2 Å². The lowest BCUT2D eigenvalue weighted by Gasteiger charge is -2.10. The summed E-state index contributed by atoms with van der Waals surface area (Å²) in [5.41, 5.74) is 3.01. The van der Waals surface area contributed by atoms with Crippen molar-refractivity contribution in [3.8, 4) is 11.6 Å².